The molecule has 1 aromatic carbocycles. The highest BCUT2D eigenvalue weighted by Crippen LogP contribution is 2.33. The number of hydrogen-bond donors (Lipinski definition) is 1. The second-order valence-electron chi connectivity index (χ2n) is 8.08. The summed E-state index contributed by atoms with van der Waals surface area (Å²) in [5.74, 6) is 1.79. The molecule has 0 amide bonds. The molecule has 1 aliphatic rings. The van der Waals surface area contributed by atoms with Crippen molar-refractivity contribution in [3.05, 3.63) is 57.3 Å². The van der Waals surface area contributed by atoms with Crippen molar-refractivity contribution in [3.8, 4) is 11.5 Å². The Bertz CT molecular complexity index is 1440. The lowest BCUT2D eigenvalue weighted by atomic mass is 9.99. The molecule has 33 heavy (non-hydrogen) atoms. The van der Waals surface area contributed by atoms with Gasteiger partial charge in [0.15, 0.2) is 22.7 Å². The largest absolute Gasteiger partial charge is 0.454 e. The Kier molecular flexibility index (Phi) is 5.38. The molecule has 0 unspecified atom stereocenters. The zero-order chi connectivity index (χ0) is 23.1. The topological polar surface area (TPSA) is 112 Å². The van der Waals surface area contributed by atoms with E-state index in [1.54, 1.807) is 24.3 Å². The van der Waals surface area contributed by atoms with Crippen molar-refractivity contribution in [2.75, 3.05) is 23.7 Å². The number of nitrogen functional groups attached to an aromatic ring is 1. The monoisotopic (exact) mass is 464 g/mol. The molecule has 4 aromatic rings. The predicted octanol–water partition coefficient (Wildman–Crippen LogP) is 4.49. The van der Waals surface area contributed by atoms with Crippen molar-refractivity contribution >= 4 is 51.6 Å². The van der Waals surface area contributed by atoms with Gasteiger partial charge < -0.3 is 24.6 Å². The third kappa shape index (κ3) is 3.87. The molecule has 8 nitrogen and oxygen atoms in total. The van der Waals surface area contributed by atoms with Crippen LogP contribution in [0, 0.1) is 12.8 Å². The average molecular weight is 465 g/mol. The molecule has 0 bridgehead atoms. The van der Waals surface area contributed by atoms with Crippen LogP contribution in [-0.2, 0) is 4.79 Å². The number of hydrogen-bond acceptors (Lipinski definition) is 8. The first-order valence-electron chi connectivity index (χ1n) is 10.6. The van der Waals surface area contributed by atoms with Crippen molar-refractivity contribution < 1.29 is 13.9 Å². The zero-order valence-corrected chi connectivity index (χ0v) is 18.6. The number of fused-ring (bicyclic) bond motifs is 2. The lowest BCUT2D eigenvalue weighted by Gasteiger charge is -2.30. The molecule has 4 heterocycles. The van der Waals surface area contributed by atoms with Crippen LogP contribution in [0.4, 0.5) is 11.6 Å². The van der Waals surface area contributed by atoms with E-state index in [2.05, 4.69) is 14.9 Å². The highest BCUT2D eigenvalue weighted by Gasteiger charge is 2.21. The first-order valence-corrected chi connectivity index (χ1v) is 11.0. The second-order valence-corrected chi connectivity index (χ2v) is 8.49. The van der Waals surface area contributed by atoms with E-state index in [4.69, 9.17) is 26.5 Å². The van der Waals surface area contributed by atoms with Gasteiger partial charge >= 0.3 is 0 Å². The molecule has 1 saturated heterocycles. The lowest BCUT2D eigenvalue weighted by molar-refractivity contribution is -0.111. The summed E-state index contributed by atoms with van der Waals surface area (Å²) in [7, 11) is 0. The van der Waals surface area contributed by atoms with Crippen molar-refractivity contribution in [3.63, 3.8) is 0 Å². The van der Waals surface area contributed by atoms with Crippen LogP contribution >= 0.6 is 11.6 Å². The number of nitrogens with two attached hydrogens (primary N) is 1. The number of nitrogens with zero attached hydrogens (tertiary/aromatic N) is 3. The summed E-state index contributed by atoms with van der Waals surface area (Å²) in [4.78, 5) is 34.9. The fraction of sp³-hybridized carbons (Fsp3) is 0.250. The standard InChI is InChI=1S/C24H21ClN4O4/c1-13-16(5-6-20(27-13)29-9-7-14(12-30)8-10-29)32-19-11-18-22(28-24(19)26)23(31)21-15(25)3-2-4-17(21)33-18/h2-6,11-12,14H,7-10H2,1H3,(H2,26,28). The average Bonchev–Trinajstić information content (AvgIpc) is 2.81. The van der Waals surface area contributed by atoms with Crippen LogP contribution in [0.5, 0.6) is 11.5 Å². The molecule has 1 aliphatic heterocycles. The summed E-state index contributed by atoms with van der Waals surface area (Å²) in [5.41, 5.74) is 7.12. The summed E-state index contributed by atoms with van der Waals surface area (Å²) >= 11 is 6.17. The van der Waals surface area contributed by atoms with Crippen LogP contribution in [0.25, 0.3) is 22.1 Å². The number of halogens is 1. The molecule has 0 spiro atoms. The van der Waals surface area contributed by atoms with Gasteiger partial charge in [0.1, 0.15) is 23.4 Å². The van der Waals surface area contributed by atoms with Gasteiger partial charge in [-0.2, -0.15) is 0 Å². The molecule has 5 rings (SSSR count). The van der Waals surface area contributed by atoms with Gasteiger partial charge in [0.05, 0.1) is 16.1 Å². The number of aromatic nitrogens is 2. The summed E-state index contributed by atoms with van der Waals surface area (Å²) in [6.45, 7) is 3.42. The van der Waals surface area contributed by atoms with E-state index < -0.39 is 0 Å². The molecule has 9 heteroatoms. The second kappa shape index (κ2) is 8.37. The molecule has 0 saturated carbocycles. The van der Waals surface area contributed by atoms with Crippen LogP contribution in [0.3, 0.4) is 0 Å². The van der Waals surface area contributed by atoms with Crippen LogP contribution in [0.2, 0.25) is 5.02 Å². The summed E-state index contributed by atoms with van der Waals surface area (Å²) < 4.78 is 11.9. The number of pyridine rings is 2. The van der Waals surface area contributed by atoms with Crippen molar-refractivity contribution in [1.29, 1.82) is 0 Å². The fourth-order valence-corrected chi connectivity index (χ4v) is 4.31. The Morgan fingerprint density at radius 3 is 2.67 bits per heavy atom. The number of aryl methyl sites for hydroxylation is 1. The summed E-state index contributed by atoms with van der Waals surface area (Å²) in [6.07, 6.45) is 2.69. The quantitative estimate of drug-likeness (QED) is 0.347. The SMILES string of the molecule is Cc1nc(N2CCC(C=O)CC2)ccc1Oc1cc2oc3cccc(Cl)c3c(=O)c2nc1N. The highest BCUT2D eigenvalue weighted by molar-refractivity contribution is 6.35. The molecule has 1 fully saturated rings. The smallest absolute Gasteiger partial charge is 0.220 e. The van der Waals surface area contributed by atoms with Gasteiger partial charge in [-0.15, -0.1) is 0 Å². The number of carbonyl (C=O) groups is 1. The van der Waals surface area contributed by atoms with Crippen molar-refractivity contribution in [2.24, 2.45) is 5.92 Å². The molecule has 0 aliphatic carbocycles. The van der Waals surface area contributed by atoms with E-state index in [9.17, 15) is 9.59 Å². The van der Waals surface area contributed by atoms with Crippen LogP contribution < -0.4 is 20.8 Å². The Labute approximate surface area is 193 Å². The third-order valence-electron chi connectivity index (χ3n) is 5.92. The number of ether oxygens (including phenoxy) is 1. The third-order valence-corrected chi connectivity index (χ3v) is 6.23. The molecule has 0 atom stereocenters. The summed E-state index contributed by atoms with van der Waals surface area (Å²) in [6, 6.07) is 10.3. The molecule has 168 valence electrons. The molecular formula is C24H21ClN4O4. The number of piperidine rings is 1. The van der Waals surface area contributed by atoms with Gasteiger partial charge in [0.25, 0.3) is 0 Å². The molecular weight excluding hydrogens is 444 g/mol. The van der Waals surface area contributed by atoms with Gasteiger partial charge in [-0.3, -0.25) is 4.79 Å². The lowest BCUT2D eigenvalue weighted by Crippen LogP contribution is -2.34. The van der Waals surface area contributed by atoms with E-state index in [1.165, 1.54) is 0 Å². The van der Waals surface area contributed by atoms with Gasteiger partial charge in [-0.05, 0) is 44.0 Å². The molecule has 2 N–H and O–H groups in total. The minimum Gasteiger partial charge on any atom is -0.454 e. The first-order chi connectivity index (χ1) is 15.9. The predicted molar refractivity (Wildman–Crippen MR) is 127 cm³/mol. The van der Waals surface area contributed by atoms with E-state index >= 15 is 0 Å². The van der Waals surface area contributed by atoms with Gasteiger partial charge in [-0.1, -0.05) is 17.7 Å². The Hall–Kier alpha value is -3.65. The Balaban J connectivity index is 1.46. The number of aldehydes is 1. The van der Waals surface area contributed by atoms with Gasteiger partial charge in [0, 0.05) is 25.1 Å². The number of anilines is 2. The van der Waals surface area contributed by atoms with Crippen LogP contribution in [0.1, 0.15) is 18.5 Å². The first kappa shape index (κ1) is 21.2. The van der Waals surface area contributed by atoms with Crippen LogP contribution in [-0.4, -0.2) is 29.3 Å². The highest BCUT2D eigenvalue weighted by atomic mass is 35.5. The van der Waals surface area contributed by atoms with E-state index in [0.717, 1.165) is 38.0 Å². The maximum Gasteiger partial charge on any atom is 0.220 e. The van der Waals surface area contributed by atoms with E-state index in [1.807, 2.05) is 19.1 Å². The number of carbonyl (C=O) groups excluding carboxylic acids is 1. The Morgan fingerprint density at radius 2 is 1.94 bits per heavy atom. The fourth-order valence-electron chi connectivity index (χ4n) is 4.06. The van der Waals surface area contributed by atoms with E-state index in [-0.39, 0.29) is 39.4 Å². The normalized spacial score (nSPS) is 14.7. The van der Waals surface area contributed by atoms with Gasteiger partial charge in [-0.25, -0.2) is 9.97 Å². The molecule has 3 aromatic heterocycles. The van der Waals surface area contributed by atoms with Crippen LogP contribution in [0.15, 0.2) is 45.6 Å². The van der Waals surface area contributed by atoms with Crippen molar-refractivity contribution in [2.45, 2.75) is 19.8 Å². The van der Waals surface area contributed by atoms with E-state index in [0.29, 0.717) is 22.0 Å². The number of benzene rings is 1. The zero-order valence-electron chi connectivity index (χ0n) is 17.9. The maximum absolute atomic E-state index is 12.9. The minimum atomic E-state index is -0.351. The Morgan fingerprint density at radius 1 is 1.15 bits per heavy atom. The summed E-state index contributed by atoms with van der Waals surface area (Å²) in [5, 5.41) is 0.557. The maximum atomic E-state index is 12.9. The number of rotatable bonds is 4. The van der Waals surface area contributed by atoms with Gasteiger partial charge in [0.2, 0.25) is 5.43 Å². The minimum absolute atomic E-state index is 0.0561. The molecule has 0 radical (unpaired) electrons. The van der Waals surface area contributed by atoms with Crippen molar-refractivity contribution in [1.82, 2.24) is 9.97 Å².